The summed E-state index contributed by atoms with van der Waals surface area (Å²) in [5.41, 5.74) is 2.47. The molecule has 2 heterocycles. The first-order chi connectivity index (χ1) is 12.5. The van der Waals surface area contributed by atoms with Crippen LogP contribution in [0.5, 0.6) is 0 Å². The van der Waals surface area contributed by atoms with Gasteiger partial charge in [0.05, 0.1) is 18.4 Å². The number of aromatic nitrogens is 4. The van der Waals surface area contributed by atoms with E-state index in [-0.39, 0.29) is 12.1 Å². The van der Waals surface area contributed by atoms with E-state index in [1.54, 1.807) is 16.8 Å². The van der Waals surface area contributed by atoms with Crippen LogP contribution in [0.4, 0.5) is 10.2 Å². The molecule has 0 amide bonds. The fourth-order valence-electron chi connectivity index (χ4n) is 2.53. The maximum absolute atomic E-state index is 13.9. The molecule has 0 fully saturated rings. The van der Waals surface area contributed by atoms with Gasteiger partial charge in [-0.25, -0.2) is 13.9 Å². The van der Waals surface area contributed by atoms with Gasteiger partial charge in [0, 0.05) is 17.8 Å². The molecule has 0 atom stereocenters. The van der Waals surface area contributed by atoms with E-state index in [4.69, 9.17) is 0 Å². The number of hydrogen-bond acceptors (Lipinski definition) is 6. The van der Waals surface area contributed by atoms with Gasteiger partial charge in [-0.1, -0.05) is 0 Å². The van der Waals surface area contributed by atoms with E-state index in [9.17, 15) is 9.18 Å². The molecule has 8 heteroatoms. The first-order valence-corrected chi connectivity index (χ1v) is 7.96. The number of ether oxygens (including phenoxy) is 1. The van der Waals surface area contributed by atoms with Crippen LogP contribution in [0.15, 0.2) is 36.4 Å². The Balaban J connectivity index is 1.72. The molecule has 0 aliphatic rings. The average molecular weight is 355 g/mol. The summed E-state index contributed by atoms with van der Waals surface area (Å²) in [6, 6.07) is 9.53. The number of nitrogens with zero attached hydrogens (tertiary/aromatic N) is 4. The van der Waals surface area contributed by atoms with Gasteiger partial charge < -0.3 is 10.1 Å². The quantitative estimate of drug-likeness (QED) is 0.709. The van der Waals surface area contributed by atoms with Crippen molar-refractivity contribution in [2.24, 2.45) is 0 Å². The lowest BCUT2D eigenvalue weighted by Crippen LogP contribution is -2.09. The molecule has 0 bridgehead atoms. The standard InChI is InChI=1S/C18H18FN5O2/c1-11-8-12(2)24(23-11)17-7-6-16(21-22-17)20-10-14-9-13(18(25)26-3)4-5-15(14)19/h4-9H,10H2,1-3H3,(H,20,21). The van der Waals surface area contributed by atoms with Gasteiger partial charge in [0.15, 0.2) is 5.82 Å². The molecule has 0 saturated heterocycles. The Morgan fingerprint density at radius 3 is 2.62 bits per heavy atom. The molecule has 134 valence electrons. The van der Waals surface area contributed by atoms with Gasteiger partial charge in [-0.3, -0.25) is 0 Å². The highest BCUT2D eigenvalue weighted by Crippen LogP contribution is 2.15. The maximum atomic E-state index is 13.9. The van der Waals surface area contributed by atoms with Crippen molar-refractivity contribution in [2.75, 3.05) is 12.4 Å². The Morgan fingerprint density at radius 1 is 1.19 bits per heavy atom. The molecular weight excluding hydrogens is 337 g/mol. The highest BCUT2D eigenvalue weighted by atomic mass is 19.1. The third-order valence-corrected chi connectivity index (χ3v) is 3.80. The molecule has 7 nitrogen and oxygen atoms in total. The van der Waals surface area contributed by atoms with E-state index in [0.29, 0.717) is 17.2 Å². The normalized spacial score (nSPS) is 10.6. The SMILES string of the molecule is COC(=O)c1ccc(F)c(CNc2ccc(-n3nc(C)cc3C)nn2)c1. The molecule has 0 unspecified atom stereocenters. The van der Waals surface area contributed by atoms with Crippen molar-refractivity contribution < 1.29 is 13.9 Å². The minimum Gasteiger partial charge on any atom is -0.465 e. The number of anilines is 1. The zero-order valence-corrected chi connectivity index (χ0v) is 14.7. The maximum Gasteiger partial charge on any atom is 0.337 e. The minimum atomic E-state index is -0.514. The van der Waals surface area contributed by atoms with Crippen molar-refractivity contribution in [2.45, 2.75) is 20.4 Å². The minimum absolute atomic E-state index is 0.157. The van der Waals surface area contributed by atoms with E-state index >= 15 is 0 Å². The number of aryl methyl sites for hydroxylation is 2. The summed E-state index contributed by atoms with van der Waals surface area (Å²) in [5, 5.41) is 15.6. The van der Waals surface area contributed by atoms with E-state index in [1.807, 2.05) is 19.9 Å². The number of carbonyl (C=O) groups is 1. The van der Waals surface area contributed by atoms with Gasteiger partial charge in [0.1, 0.15) is 11.6 Å². The van der Waals surface area contributed by atoms with Crippen LogP contribution >= 0.6 is 0 Å². The fraction of sp³-hybridized carbons (Fsp3) is 0.222. The van der Waals surface area contributed by atoms with Crippen LogP contribution in [0.3, 0.4) is 0 Å². The molecule has 0 aliphatic heterocycles. The van der Waals surface area contributed by atoms with Crippen LogP contribution in [0, 0.1) is 19.7 Å². The number of halogens is 1. The molecule has 0 aliphatic carbocycles. The number of methoxy groups -OCH3 is 1. The predicted octanol–water partition coefficient (Wildman–Crippen LogP) is 2.82. The highest BCUT2D eigenvalue weighted by Gasteiger charge is 2.10. The Bertz CT molecular complexity index is 937. The smallest absolute Gasteiger partial charge is 0.337 e. The number of hydrogen-bond donors (Lipinski definition) is 1. The topological polar surface area (TPSA) is 81.9 Å². The molecule has 0 saturated carbocycles. The van der Waals surface area contributed by atoms with Gasteiger partial charge in [-0.05, 0) is 50.2 Å². The number of nitrogens with one attached hydrogen (secondary N) is 1. The lowest BCUT2D eigenvalue weighted by molar-refractivity contribution is 0.0600. The van der Waals surface area contributed by atoms with Crippen molar-refractivity contribution in [3.8, 4) is 5.82 Å². The van der Waals surface area contributed by atoms with E-state index in [1.165, 1.54) is 25.3 Å². The average Bonchev–Trinajstić information content (AvgIpc) is 2.99. The first kappa shape index (κ1) is 17.5. The third-order valence-electron chi connectivity index (χ3n) is 3.80. The number of esters is 1. The van der Waals surface area contributed by atoms with Crippen LogP contribution < -0.4 is 5.32 Å². The molecule has 1 aromatic carbocycles. The van der Waals surface area contributed by atoms with Gasteiger partial charge in [0.25, 0.3) is 0 Å². The molecule has 26 heavy (non-hydrogen) atoms. The predicted molar refractivity (Wildman–Crippen MR) is 93.7 cm³/mol. The highest BCUT2D eigenvalue weighted by molar-refractivity contribution is 5.89. The summed E-state index contributed by atoms with van der Waals surface area (Å²) in [6.45, 7) is 4.00. The van der Waals surface area contributed by atoms with E-state index in [2.05, 4.69) is 25.3 Å². The molecule has 1 N–H and O–H groups in total. The fourth-order valence-corrected chi connectivity index (χ4v) is 2.53. The lowest BCUT2D eigenvalue weighted by Gasteiger charge is -2.09. The molecule has 3 rings (SSSR count). The largest absolute Gasteiger partial charge is 0.465 e. The van der Waals surface area contributed by atoms with Crippen LogP contribution in [0.2, 0.25) is 0 Å². The van der Waals surface area contributed by atoms with Gasteiger partial charge in [-0.15, -0.1) is 10.2 Å². The summed E-state index contributed by atoms with van der Waals surface area (Å²) >= 11 is 0. The zero-order chi connectivity index (χ0) is 18.7. The number of rotatable bonds is 5. The molecule has 0 spiro atoms. The summed E-state index contributed by atoms with van der Waals surface area (Å²) in [4.78, 5) is 11.6. The van der Waals surface area contributed by atoms with Gasteiger partial charge in [-0.2, -0.15) is 5.10 Å². The first-order valence-electron chi connectivity index (χ1n) is 7.96. The van der Waals surface area contributed by atoms with Crippen LogP contribution in [0.25, 0.3) is 5.82 Å². The van der Waals surface area contributed by atoms with E-state index < -0.39 is 11.8 Å². The van der Waals surface area contributed by atoms with Crippen LogP contribution in [0.1, 0.15) is 27.3 Å². The monoisotopic (exact) mass is 355 g/mol. The van der Waals surface area contributed by atoms with Crippen LogP contribution in [-0.2, 0) is 11.3 Å². The third kappa shape index (κ3) is 3.69. The van der Waals surface area contributed by atoms with Crippen molar-refractivity contribution in [1.82, 2.24) is 20.0 Å². The second-order valence-corrected chi connectivity index (χ2v) is 5.77. The summed E-state index contributed by atoms with van der Waals surface area (Å²) in [5.74, 6) is 0.149. The summed E-state index contributed by atoms with van der Waals surface area (Å²) in [7, 11) is 1.28. The molecule has 0 radical (unpaired) electrons. The van der Waals surface area contributed by atoms with Crippen LogP contribution in [-0.4, -0.2) is 33.1 Å². The van der Waals surface area contributed by atoms with Crippen molar-refractivity contribution in [3.63, 3.8) is 0 Å². The number of carbonyl (C=O) groups excluding carboxylic acids is 1. The van der Waals surface area contributed by atoms with Gasteiger partial charge >= 0.3 is 5.97 Å². The number of benzene rings is 1. The Kier molecular flexibility index (Phi) is 4.92. The summed E-state index contributed by atoms with van der Waals surface area (Å²) < 4.78 is 20.3. The Hall–Kier alpha value is -3.29. The van der Waals surface area contributed by atoms with Crippen molar-refractivity contribution in [3.05, 3.63) is 64.7 Å². The van der Waals surface area contributed by atoms with E-state index in [0.717, 1.165) is 11.4 Å². The second-order valence-electron chi connectivity index (χ2n) is 5.77. The van der Waals surface area contributed by atoms with Crippen molar-refractivity contribution >= 4 is 11.8 Å². The zero-order valence-electron chi connectivity index (χ0n) is 14.7. The van der Waals surface area contributed by atoms with Gasteiger partial charge in [0.2, 0.25) is 0 Å². The Labute approximate surface area is 149 Å². The second kappa shape index (κ2) is 7.30. The molecule has 2 aromatic heterocycles. The lowest BCUT2D eigenvalue weighted by atomic mass is 10.1. The molecular formula is C18H18FN5O2. The molecule has 3 aromatic rings. The van der Waals surface area contributed by atoms with Crippen molar-refractivity contribution in [1.29, 1.82) is 0 Å². The summed E-state index contributed by atoms with van der Waals surface area (Å²) in [6.07, 6.45) is 0. The Morgan fingerprint density at radius 2 is 2.00 bits per heavy atom.